The molecule has 0 amide bonds. The largest absolute Gasteiger partial charge is 0.582 e. The van der Waals surface area contributed by atoms with E-state index in [0.29, 0.717) is 11.3 Å². The van der Waals surface area contributed by atoms with Crippen molar-refractivity contribution in [2.45, 2.75) is 6.92 Å². The van der Waals surface area contributed by atoms with Gasteiger partial charge in [0.05, 0.1) is 7.11 Å². The maximum atomic E-state index is 5.24. The van der Waals surface area contributed by atoms with Crippen molar-refractivity contribution in [3.05, 3.63) is 24.5 Å². The fourth-order valence-electron chi connectivity index (χ4n) is 0.161. The molecule has 0 saturated heterocycles. The van der Waals surface area contributed by atoms with Crippen LogP contribution in [0.2, 0.25) is 0 Å². The smallest absolute Gasteiger partial charge is 0.0531 e. The predicted molar refractivity (Wildman–Crippen MR) is 29.6 cm³/mol. The van der Waals surface area contributed by atoms with Crippen molar-refractivity contribution >= 4 is 0 Å². The van der Waals surface area contributed by atoms with Crippen molar-refractivity contribution < 1.29 is 4.74 Å². The second kappa shape index (κ2) is 2.45. The summed E-state index contributed by atoms with van der Waals surface area (Å²) in [6, 6.07) is 0. The third-order valence-electron chi connectivity index (χ3n) is 0.686. The third kappa shape index (κ3) is 2.04. The first-order valence-corrected chi connectivity index (χ1v) is 2.00. The minimum atomic E-state index is 0.542. The standard InChI is InChI=1S/C6H9O/c1-5(2)6(3)7-4/h1H,3H2,2,4H3/q-1. The minimum Gasteiger partial charge on any atom is -0.582 e. The predicted octanol–water partition coefficient (Wildman–Crippen LogP) is 1.53. The summed E-state index contributed by atoms with van der Waals surface area (Å²) < 4.78 is 4.66. The van der Waals surface area contributed by atoms with Crippen LogP contribution in [0.3, 0.4) is 0 Å². The van der Waals surface area contributed by atoms with E-state index in [-0.39, 0.29) is 0 Å². The van der Waals surface area contributed by atoms with Crippen molar-refractivity contribution in [1.29, 1.82) is 0 Å². The molecule has 0 spiro atoms. The molecule has 1 nitrogen and oxygen atoms in total. The summed E-state index contributed by atoms with van der Waals surface area (Å²) >= 11 is 0. The van der Waals surface area contributed by atoms with E-state index in [9.17, 15) is 0 Å². The molecule has 0 fully saturated rings. The van der Waals surface area contributed by atoms with Crippen LogP contribution in [-0.2, 0) is 4.74 Å². The number of hydrogen-bond donors (Lipinski definition) is 0. The van der Waals surface area contributed by atoms with E-state index in [2.05, 4.69) is 11.3 Å². The molecule has 0 radical (unpaired) electrons. The molecule has 0 heterocycles. The van der Waals surface area contributed by atoms with Gasteiger partial charge in [-0.1, -0.05) is 6.92 Å². The molecule has 1 heteroatoms. The van der Waals surface area contributed by atoms with Gasteiger partial charge in [-0.15, -0.1) is 6.58 Å². The van der Waals surface area contributed by atoms with Gasteiger partial charge in [-0.2, -0.15) is 5.57 Å². The van der Waals surface area contributed by atoms with Crippen molar-refractivity contribution in [3.8, 4) is 0 Å². The summed E-state index contributed by atoms with van der Waals surface area (Å²) in [6.07, 6.45) is 0. The fourth-order valence-corrected chi connectivity index (χ4v) is 0.161. The molecule has 0 aromatic rings. The van der Waals surface area contributed by atoms with Crippen LogP contribution in [-0.4, -0.2) is 7.11 Å². The maximum Gasteiger partial charge on any atom is 0.0531 e. The highest BCUT2D eigenvalue weighted by atomic mass is 16.5. The Morgan fingerprint density at radius 3 is 2.14 bits per heavy atom. The highest BCUT2D eigenvalue weighted by Crippen LogP contribution is 2.00. The first-order valence-electron chi connectivity index (χ1n) is 2.00. The molecule has 0 aliphatic rings. The van der Waals surface area contributed by atoms with Gasteiger partial charge in [0.15, 0.2) is 0 Å². The van der Waals surface area contributed by atoms with E-state index >= 15 is 0 Å². The van der Waals surface area contributed by atoms with Crippen LogP contribution >= 0.6 is 0 Å². The molecule has 40 valence electrons. The van der Waals surface area contributed by atoms with E-state index in [4.69, 9.17) is 6.58 Å². The first-order chi connectivity index (χ1) is 3.18. The molecule has 0 aliphatic carbocycles. The molecule has 0 aromatic heterocycles. The molecule has 0 saturated carbocycles. The number of allylic oxidation sites excluding steroid dienone is 1. The molecular weight excluding hydrogens is 88.1 g/mol. The van der Waals surface area contributed by atoms with Crippen LogP contribution < -0.4 is 0 Å². The zero-order valence-electron chi connectivity index (χ0n) is 4.69. The summed E-state index contributed by atoms with van der Waals surface area (Å²) in [6.45, 7) is 10.5. The Balaban J connectivity index is 3.58. The van der Waals surface area contributed by atoms with Gasteiger partial charge in [-0.25, -0.2) is 0 Å². The average molecular weight is 97.1 g/mol. The third-order valence-corrected chi connectivity index (χ3v) is 0.686. The summed E-state index contributed by atoms with van der Waals surface area (Å²) in [5, 5.41) is 0. The molecule has 0 bridgehead atoms. The Bertz CT molecular complexity index is 92.4. The van der Waals surface area contributed by atoms with Gasteiger partial charge in [-0.05, 0) is 5.76 Å². The zero-order chi connectivity index (χ0) is 5.86. The molecule has 0 rings (SSSR count). The van der Waals surface area contributed by atoms with Crippen LogP contribution in [0.15, 0.2) is 17.9 Å². The van der Waals surface area contributed by atoms with Crippen molar-refractivity contribution in [1.82, 2.24) is 0 Å². The van der Waals surface area contributed by atoms with Gasteiger partial charge in [0, 0.05) is 0 Å². The van der Waals surface area contributed by atoms with Crippen LogP contribution in [0.4, 0.5) is 0 Å². The van der Waals surface area contributed by atoms with Gasteiger partial charge in [-0.3, -0.25) is 6.58 Å². The van der Waals surface area contributed by atoms with Gasteiger partial charge in [0.1, 0.15) is 0 Å². The average Bonchev–Trinajstić information content (AvgIpc) is 1.65. The van der Waals surface area contributed by atoms with Crippen molar-refractivity contribution in [2.75, 3.05) is 7.11 Å². The van der Waals surface area contributed by atoms with Crippen LogP contribution in [0.25, 0.3) is 0 Å². The van der Waals surface area contributed by atoms with E-state index in [0.717, 1.165) is 0 Å². The van der Waals surface area contributed by atoms with Gasteiger partial charge >= 0.3 is 0 Å². The SMILES string of the molecule is [CH-]=C(C)C(=C)OC. The summed E-state index contributed by atoms with van der Waals surface area (Å²) in [7, 11) is 1.54. The summed E-state index contributed by atoms with van der Waals surface area (Å²) in [4.78, 5) is 0. The highest BCUT2D eigenvalue weighted by molar-refractivity contribution is 5.13. The fraction of sp³-hybridized carbons (Fsp3) is 0.333. The quantitative estimate of drug-likeness (QED) is 0.288. The van der Waals surface area contributed by atoms with Crippen LogP contribution in [0.5, 0.6) is 0 Å². The lowest BCUT2D eigenvalue weighted by Crippen LogP contribution is -1.82. The molecule has 0 unspecified atom stereocenters. The first kappa shape index (κ1) is 6.28. The topological polar surface area (TPSA) is 9.23 Å². The normalized spacial score (nSPS) is 7.71. The van der Waals surface area contributed by atoms with Gasteiger partial charge < -0.3 is 4.74 Å². The number of methoxy groups -OCH3 is 1. The highest BCUT2D eigenvalue weighted by Gasteiger charge is 1.72. The van der Waals surface area contributed by atoms with E-state index in [1.165, 1.54) is 0 Å². The monoisotopic (exact) mass is 97.1 g/mol. The molecule has 0 aromatic carbocycles. The maximum absolute atomic E-state index is 5.24. The molecular formula is C6H9O-. The Morgan fingerprint density at radius 1 is 1.71 bits per heavy atom. The van der Waals surface area contributed by atoms with E-state index < -0.39 is 0 Å². The zero-order valence-corrected chi connectivity index (χ0v) is 4.69. The number of ether oxygens (including phenoxy) is 1. The molecule has 0 atom stereocenters. The molecule has 0 N–H and O–H groups in total. The number of rotatable bonds is 2. The Labute approximate surface area is 44.3 Å². The second-order valence-corrected chi connectivity index (χ2v) is 1.31. The van der Waals surface area contributed by atoms with Crippen LogP contribution in [0, 0.1) is 6.58 Å². The van der Waals surface area contributed by atoms with Crippen molar-refractivity contribution in [3.63, 3.8) is 0 Å². The Morgan fingerprint density at radius 2 is 2.14 bits per heavy atom. The summed E-state index contributed by atoms with van der Waals surface area (Å²) in [5.41, 5.74) is 0.627. The molecule has 7 heavy (non-hydrogen) atoms. The second-order valence-electron chi connectivity index (χ2n) is 1.31. The lowest BCUT2D eigenvalue weighted by atomic mass is 10.3. The van der Waals surface area contributed by atoms with Crippen LogP contribution in [0.1, 0.15) is 6.92 Å². The number of hydrogen-bond acceptors (Lipinski definition) is 1. The van der Waals surface area contributed by atoms with Gasteiger partial charge in [0.25, 0.3) is 0 Å². The minimum absolute atomic E-state index is 0.542. The Hall–Kier alpha value is -0.720. The van der Waals surface area contributed by atoms with E-state index in [1.807, 2.05) is 0 Å². The lowest BCUT2D eigenvalue weighted by Gasteiger charge is -2.11. The Kier molecular flexibility index (Phi) is 2.20. The molecule has 0 aliphatic heterocycles. The van der Waals surface area contributed by atoms with E-state index in [1.54, 1.807) is 14.0 Å². The summed E-state index contributed by atoms with van der Waals surface area (Å²) in [5.74, 6) is 0.542. The lowest BCUT2D eigenvalue weighted by molar-refractivity contribution is 0.303. The van der Waals surface area contributed by atoms with Gasteiger partial charge in [0.2, 0.25) is 0 Å². The van der Waals surface area contributed by atoms with Crippen molar-refractivity contribution in [2.24, 2.45) is 0 Å².